The van der Waals surface area contributed by atoms with E-state index in [-0.39, 0.29) is 12.4 Å². The molecule has 0 aromatic carbocycles. The van der Waals surface area contributed by atoms with Gasteiger partial charge in [-0.15, -0.1) is 12.4 Å². The third kappa shape index (κ3) is 3.27. The minimum atomic E-state index is 0. The Hall–Kier alpha value is -1.46. The Kier molecular flexibility index (Phi) is 5.25. The Labute approximate surface area is 112 Å². The summed E-state index contributed by atoms with van der Waals surface area (Å²) in [5, 5.41) is 7.11. The van der Waals surface area contributed by atoms with E-state index in [4.69, 9.17) is 4.52 Å². The van der Waals surface area contributed by atoms with Gasteiger partial charge in [-0.1, -0.05) is 5.16 Å². The maximum atomic E-state index is 5.25. The van der Waals surface area contributed by atoms with Crippen LogP contribution in [0.5, 0.6) is 0 Å². The van der Waals surface area contributed by atoms with Crippen LogP contribution in [0.1, 0.15) is 18.4 Å². The van der Waals surface area contributed by atoms with Crippen LogP contribution in [0.15, 0.2) is 22.9 Å². The second-order valence-corrected chi connectivity index (χ2v) is 4.05. The lowest BCUT2D eigenvalue weighted by Gasteiger charge is -2.04. The zero-order valence-corrected chi connectivity index (χ0v) is 11.5. The molecule has 0 aliphatic rings. The maximum absolute atomic E-state index is 5.25. The zero-order chi connectivity index (χ0) is 12.3. The summed E-state index contributed by atoms with van der Waals surface area (Å²) in [6.45, 7) is 4.00. The molecule has 2 aromatic rings. The minimum absolute atomic E-state index is 0. The number of rotatable bonds is 4. The Balaban J connectivity index is 0.00000162. The van der Waals surface area contributed by atoms with E-state index in [0.29, 0.717) is 17.8 Å². The molecule has 18 heavy (non-hydrogen) atoms. The van der Waals surface area contributed by atoms with E-state index in [9.17, 15) is 0 Å². The second kappa shape index (κ2) is 6.47. The first-order valence-electron chi connectivity index (χ1n) is 5.62. The second-order valence-electron chi connectivity index (χ2n) is 4.05. The summed E-state index contributed by atoms with van der Waals surface area (Å²) < 4.78 is 5.25. The standard InChI is InChI=1S/C12H16N4O.ClH/c1-8(13-3)7-11-15-12(17-16-11)10-5-4-6-14-9(10)2;/h4-6,8,13H,7H2,1-3H3;1H. The van der Waals surface area contributed by atoms with Gasteiger partial charge in [0.2, 0.25) is 0 Å². The smallest absolute Gasteiger partial charge is 0.259 e. The van der Waals surface area contributed by atoms with Crippen molar-refractivity contribution in [3.05, 3.63) is 29.8 Å². The van der Waals surface area contributed by atoms with Gasteiger partial charge in [-0.2, -0.15) is 4.98 Å². The van der Waals surface area contributed by atoms with Gasteiger partial charge < -0.3 is 9.84 Å². The van der Waals surface area contributed by atoms with Crippen molar-refractivity contribution in [1.29, 1.82) is 0 Å². The van der Waals surface area contributed by atoms with Crippen molar-refractivity contribution in [2.75, 3.05) is 7.05 Å². The maximum Gasteiger partial charge on any atom is 0.259 e. The van der Waals surface area contributed by atoms with E-state index in [1.165, 1.54) is 0 Å². The highest BCUT2D eigenvalue weighted by Gasteiger charge is 2.12. The van der Waals surface area contributed by atoms with Crippen molar-refractivity contribution < 1.29 is 4.52 Å². The van der Waals surface area contributed by atoms with Crippen LogP contribution in [0.4, 0.5) is 0 Å². The fourth-order valence-corrected chi connectivity index (χ4v) is 1.53. The van der Waals surface area contributed by atoms with Crippen molar-refractivity contribution in [1.82, 2.24) is 20.4 Å². The van der Waals surface area contributed by atoms with Crippen LogP contribution < -0.4 is 5.32 Å². The van der Waals surface area contributed by atoms with Crippen LogP contribution in [-0.4, -0.2) is 28.2 Å². The van der Waals surface area contributed by atoms with E-state index < -0.39 is 0 Å². The summed E-state index contributed by atoms with van der Waals surface area (Å²) in [4.78, 5) is 8.57. The van der Waals surface area contributed by atoms with E-state index in [1.54, 1.807) is 6.20 Å². The van der Waals surface area contributed by atoms with Crippen molar-refractivity contribution >= 4 is 12.4 Å². The van der Waals surface area contributed by atoms with Gasteiger partial charge in [0.1, 0.15) is 0 Å². The van der Waals surface area contributed by atoms with Crippen molar-refractivity contribution in [2.24, 2.45) is 0 Å². The minimum Gasteiger partial charge on any atom is -0.334 e. The van der Waals surface area contributed by atoms with Crippen molar-refractivity contribution in [3.8, 4) is 11.5 Å². The van der Waals surface area contributed by atoms with Crippen LogP contribution in [0.25, 0.3) is 11.5 Å². The highest BCUT2D eigenvalue weighted by atomic mass is 35.5. The number of nitrogens with zero attached hydrogens (tertiary/aromatic N) is 3. The summed E-state index contributed by atoms with van der Waals surface area (Å²) >= 11 is 0. The molecule has 0 radical (unpaired) electrons. The van der Waals surface area contributed by atoms with Crippen LogP contribution in [-0.2, 0) is 6.42 Å². The van der Waals surface area contributed by atoms with Gasteiger partial charge >= 0.3 is 0 Å². The number of aryl methyl sites for hydroxylation is 1. The first kappa shape index (κ1) is 14.6. The van der Waals surface area contributed by atoms with Gasteiger partial charge in [0, 0.05) is 24.4 Å². The quantitative estimate of drug-likeness (QED) is 0.919. The third-order valence-electron chi connectivity index (χ3n) is 2.69. The number of hydrogen-bond donors (Lipinski definition) is 1. The predicted octanol–water partition coefficient (Wildman–Crippen LogP) is 2.01. The fraction of sp³-hybridized carbons (Fsp3) is 0.417. The molecule has 1 N–H and O–H groups in total. The van der Waals surface area contributed by atoms with E-state index in [0.717, 1.165) is 17.7 Å². The molecule has 0 bridgehead atoms. The number of likely N-dealkylation sites (N-methyl/N-ethyl adjacent to an activating group) is 1. The summed E-state index contributed by atoms with van der Waals surface area (Å²) in [6.07, 6.45) is 2.50. The van der Waals surface area contributed by atoms with Gasteiger partial charge in [-0.3, -0.25) is 4.98 Å². The molecule has 0 fully saturated rings. The van der Waals surface area contributed by atoms with Gasteiger partial charge in [0.25, 0.3) is 5.89 Å². The van der Waals surface area contributed by atoms with Gasteiger partial charge in [0.15, 0.2) is 5.82 Å². The van der Waals surface area contributed by atoms with Crippen molar-refractivity contribution in [3.63, 3.8) is 0 Å². The lowest BCUT2D eigenvalue weighted by molar-refractivity contribution is 0.418. The molecular weight excluding hydrogens is 252 g/mol. The molecule has 2 rings (SSSR count). The first-order valence-corrected chi connectivity index (χ1v) is 5.62. The Morgan fingerprint density at radius 2 is 2.22 bits per heavy atom. The van der Waals surface area contributed by atoms with E-state index >= 15 is 0 Å². The average molecular weight is 269 g/mol. The molecular formula is C12H17ClN4O. The highest BCUT2D eigenvalue weighted by molar-refractivity contribution is 5.85. The SMILES string of the molecule is CNC(C)Cc1noc(-c2cccnc2C)n1.Cl. The van der Waals surface area contributed by atoms with E-state index in [2.05, 4.69) is 27.4 Å². The molecule has 0 saturated carbocycles. The van der Waals surface area contributed by atoms with E-state index in [1.807, 2.05) is 26.1 Å². The molecule has 5 nitrogen and oxygen atoms in total. The molecule has 2 aromatic heterocycles. The monoisotopic (exact) mass is 268 g/mol. The van der Waals surface area contributed by atoms with Gasteiger partial charge in [-0.05, 0) is 33.0 Å². The summed E-state index contributed by atoms with van der Waals surface area (Å²) in [6, 6.07) is 4.12. The number of aromatic nitrogens is 3. The molecule has 0 amide bonds. The molecule has 0 saturated heterocycles. The zero-order valence-electron chi connectivity index (χ0n) is 10.7. The van der Waals surface area contributed by atoms with Crippen LogP contribution in [0, 0.1) is 6.92 Å². The number of halogens is 1. The topological polar surface area (TPSA) is 63.8 Å². The fourth-order valence-electron chi connectivity index (χ4n) is 1.53. The third-order valence-corrected chi connectivity index (χ3v) is 2.69. The number of hydrogen-bond acceptors (Lipinski definition) is 5. The summed E-state index contributed by atoms with van der Waals surface area (Å²) in [7, 11) is 1.91. The highest BCUT2D eigenvalue weighted by Crippen LogP contribution is 2.19. The van der Waals surface area contributed by atoms with Crippen LogP contribution in [0.2, 0.25) is 0 Å². The Bertz CT molecular complexity index is 500. The van der Waals surface area contributed by atoms with Crippen molar-refractivity contribution in [2.45, 2.75) is 26.3 Å². The van der Waals surface area contributed by atoms with Gasteiger partial charge in [0.05, 0.1) is 5.56 Å². The van der Waals surface area contributed by atoms with Crippen LogP contribution >= 0.6 is 12.4 Å². The largest absolute Gasteiger partial charge is 0.334 e. The molecule has 6 heteroatoms. The molecule has 0 aliphatic carbocycles. The molecule has 0 spiro atoms. The Morgan fingerprint density at radius 1 is 1.44 bits per heavy atom. The van der Waals surface area contributed by atoms with Gasteiger partial charge in [-0.25, -0.2) is 0 Å². The molecule has 98 valence electrons. The lowest BCUT2D eigenvalue weighted by Crippen LogP contribution is -2.24. The molecule has 2 heterocycles. The first-order chi connectivity index (χ1) is 8.20. The lowest BCUT2D eigenvalue weighted by atomic mass is 10.2. The average Bonchev–Trinajstić information content (AvgIpc) is 2.78. The predicted molar refractivity (Wildman–Crippen MR) is 71.7 cm³/mol. The normalized spacial score (nSPS) is 11.9. The van der Waals surface area contributed by atoms with Crippen LogP contribution in [0.3, 0.4) is 0 Å². The number of nitrogens with one attached hydrogen (secondary N) is 1. The molecule has 0 aliphatic heterocycles. The molecule has 1 atom stereocenters. The molecule has 1 unspecified atom stereocenters. The number of pyridine rings is 1. The summed E-state index contributed by atoms with van der Waals surface area (Å²) in [5.41, 5.74) is 1.78. The Morgan fingerprint density at radius 3 is 2.89 bits per heavy atom. The summed E-state index contributed by atoms with van der Waals surface area (Å²) in [5.74, 6) is 1.25.